The Hall–Kier alpha value is -1.78. The Morgan fingerprint density at radius 2 is 1.88 bits per heavy atom. The summed E-state index contributed by atoms with van der Waals surface area (Å²) in [6, 6.07) is 2.89. The average Bonchev–Trinajstić information content (AvgIpc) is 2.26. The highest BCUT2D eigenvalue weighted by Crippen LogP contribution is 2.38. The minimum absolute atomic E-state index is 0.0151. The fourth-order valence-corrected chi connectivity index (χ4v) is 1.51. The Balaban J connectivity index is 3.43. The largest absolute Gasteiger partial charge is 0.493 e. The molecular formula is C11H15NO4. The van der Waals surface area contributed by atoms with Gasteiger partial charge in [-0.25, -0.2) is 0 Å². The molecule has 0 fully saturated rings. The van der Waals surface area contributed by atoms with Crippen LogP contribution in [0.1, 0.15) is 25.3 Å². The van der Waals surface area contributed by atoms with Gasteiger partial charge in [0, 0.05) is 11.6 Å². The van der Waals surface area contributed by atoms with Gasteiger partial charge in [-0.1, -0.05) is 13.8 Å². The molecule has 16 heavy (non-hydrogen) atoms. The molecule has 0 bridgehead atoms. The third-order valence-electron chi connectivity index (χ3n) is 2.33. The maximum absolute atomic E-state index is 10.8. The molecule has 0 aliphatic carbocycles. The van der Waals surface area contributed by atoms with Crippen LogP contribution in [0.25, 0.3) is 0 Å². The van der Waals surface area contributed by atoms with Gasteiger partial charge in [0.1, 0.15) is 0 Å². The average molecular weight is 225 g/mol. The van der Waals surface area contributed by atoms with E-state index in [1.807, 2.05) is 13.8 Å². The van der Waals surface area contributed by atoms with Crippen molar-refractivity contribution < 1.29 is 14.4 Å². The number of ether oxygens (including phenoxy) is 2. The van der Waals surface area contributed by atoms with Crippen LogP contribution in [0.5, 0.6) is 11.5 Å². The summed E-state index contributed by atoms with van der Waals surface area (Å²) < 4.78 is 10.3. The Labute approximate surface area is 94.1 Å². The summed E-state index contributed by atoms with van der Waals surface area (Å²) in [7, 11) is 2.99. The van der Waals surface area contributed by atoms with Crippen LogP contribution in [0.4, 0.5) is 5.69 Å². The van der Waals surface area contributed by atoms with Crippen molar-refractivity contribution in [2.24, 2.45) is 0 Å². The highest BCUT2D eigenvalue weighted by molar-refractivity contribution is 5.55. The number of nitro groups is 1. The molecular weight excluding hydrogens is 210 g/mol. The van der Waals surface area contributed by atoms with Crippen molar-refractivity contribution in [3.05, 3.63) is 27.8 Å². The van der Waals surface area contributed by atoms with E-state index in [1.165, 1.54) is 26.4 Å². The zero-order valence-corrected chi connectivity index (χ0v) is 9.81. The number of non-ortho nitro benzene ring substituents is 1. The van der Waals surface area contributed by atoms with E-state index in [4.69, 9.17) is 9.47 Å². The van der Waals surface area contributed by atoms with E-state index in [0.717, 1.165) is 5.56 Å². The number of hydrogen-bond acceptors (Lipinski definition) is 4. The van der Waals surface area contributed by atoms with Crippen LogP contribution < -0.4 is 9.47 Å². The van der Waals surface area contributed by atoms with Gasteiger partial charge in [-0.05, 0) is 5.92 Å². The van der Waals surface area contributed by atoms with Crippen LogP contribution in [-0.2, 0) is 0 Å². The molecule has 0 saturated carbocycles. The maximum atomic E-state index is 10.8. The summed E-state index contributed by atoms with van der Waals surface area (Å²) in [5, 5.41) is 10.8. The fourth-order valence-electron chi connectivity index (χ4n) is 1.51. The third-order valence-corrected chi connectivity index (χ3v) is 2.33. The van der Waals surface area contributed by atoms with Crippen molar-refractivity contribution in [1.29, 1.82) is 0 Å². The third kappa shape index (κ3) is 2.24. The molecule has 0 spiro atoms. The lowest BCUT2D eigenvalue weighted by atomic mass is 10.0. The highest BCUT2D eigenvalue weighted by Gasteiger charge is 2.19. The van der Waals surface area contributed by atoms with Crippen LogP contribution in [-0.4, -0.2) is 19.1 Å². The number of benzene rings is 1. The van der Waals surface area contributed by atoms with Crippen LogP contribution in [0.3, 0.4) is 0 Å². The smallest absolute Gasteiger partial charge is 0.273 e. The Bertz CT molecular complexity index is 401. The Morgan fingerprint density at radius 1 is 1.25 bits per heavy atom. The van der Waals surface area contributed by atoms with Crippen LogP contribution in [0.15, 0.2) is 12.1 Å². The van der Waals surface area contributed by atoms with Crippen molar-refractivity contribution in [2.75, 3.05) is 14.2 Å². The first-order valence-electron chi connectivity index (χ1n) is 4.91. The molecule has 88 valence electrons. The first kappa shape index (κ1) is 12.3. The summed E-state index contributed by atoms with van der Waals surface area (Å²) in [5.74, 6) is 1.08. The summed E-state index contributed by atoms with van der Waals surface area (Å²) >= 11 is 0. The maximum Gasteiger partial charge on any atom is 0.273 e. The quantitative estimate of drug-likeness (QED) is 0.583. The van der Waals surface area contributed by atoms with Crippen molar-refractivity contribution in [1.82, 2.24) is 0 Å². The van der Waals surface area contributed by atoms with Crippen molar-refractivity contribution in [3.8, 4) is 11.5 Å². The van der Waals surface area contributed by atoms with Gasteiger partial charge in [-0.15, -0.1) is 0 Å². The molecule has 0 atom stereocenters. The summed E-state index contributed by atoms with van der Waals surface area (Å²) in [5.41, 5.74) is 0.787. The molecule has 1 rings (SSSR count). The molecule has 0 saturated heterocycles. The van der Waals surface area contributed by atoms with Gasteiger partial charge in [-0.2, -0.15) is 0 Å². The minimum atomic E-state index is -0.437. The van der Waals surface area contributed by atoms with E-state index in [1.54, 1.807) is 0 Å². The number of methoxy groups -OCH3 is 2. The Morgan fingerprint density at radius 3 is 2.25 bits per heavy atom. The molecule has 1 aromatic rings. The van der Waals surface area contributed by atoms with E-state index in [9.17, 15) is 10.1 Å². The molecule has 0 aliphatic heterocycles. The SMILES string of the molecule is COc1cc([N+](=O)[O-])cc(C(C)C)c1OC. The fraction of sp³-hybridized carbons (Fsp3) is 0.455. The molecule has 0 amide bonds. The monoisotopic (exact) mass is 225 g/mol. The molecule has 1 aromatic carbocycles. The van der Waals surface area contributed by atoms with E-state index in [-0.39, 0.29) is 11.6 Å². The van der Waals surface area contributed by atoms with E-state index >= 15 is 0 Å². The molecule has 0 aliphatic rings. The molecule has 5 nitrogen and oxygen atoms in total. The van der Waals surface area contributed by atoms with Gasteiger partial charge in [0.05, 0.1) is 25.2 Å². The number of hydrogen-bond donors (Lipinski definition) is 0. The van der Waals surface area contributed by atoms with E-state index in [2.05, 4.69) is 0 Å². The second kappa shape index (κ2) is 4.83. The van der Waals surface area contributed by atoms with Gasteiger partial charge in [0.15, 0.2) is 11.5 Å². The number of rotatable bonds is 4. The van der Waals surface area contributed by atoms with E-state index < -0.39 is 4.92 Å². The van der Waals surface area contributed by atoms with Gasteiger partial charge < -0.3 is 9.47 Å². The number of nitrogens with zero attached hydrogens (tertiary/aromatic N) is 1. The van der Waals surface area contributed by atoms with Crippen molar-refractivity contribution in [3.63, 3.8) is 0 Å². The Kier molecular flexibility index (Phi) is 3.71. The standard InChI is InChI=1S/C11H15NO4/c1-7(2)9-5-8(12(13)14)6-10(15-3)11(9)16-4/h5-7H,1-4H3. The van der Waals surface area contributed by atoms with Gasteiger partial charge in [-0.3, -0.25) is 10.1 Å². The van der Waals surface area contributed by atoms with Gasteiger partial charge in [0.2, 0.25) is 0 Å². The molecule has 0 aromatic heterocycles. The minimum Gasteiger partial charge on any atom is -0.493 e. The highest BCUT2D eigenvalue weighted by atomic mass is 16.6. The molecule has 0 heterocycles. The van der Waals surface area contributed by atoms with E-state index in [0.29, 0.717) is 11.5 Å². The summed E-state index contributed by atoms with van der Waals surface area (Å²) in [6.45, 7) is 3.89. The molecule has 0 unspecified atom stereocenters. The van der Waals surface area contributed by atoms with Crippen LogP contribution in [0.2, 0.25) is 0 Å². The van der Waals surface area contributed by atoms with Gasteiger partial charge >= 0.3 is 0 Å². The normalized spacial score (nSPS) is 10.3. The topological polar surface area (TPSA) is 61.6 Å². The lowest BCUT2D eigenvalue weighted by Gasteiger charge is -2.14. The lowest BCUT2D eigenvalue weighted by Crippen LogP contribution is -2.00. The first-order chi connectivity index (χ1) is 7.51. The zero-order chi connectivity index (χ0) is 12.3. The van der Waals surface area contributed by atoms with Crippen molar-refractivity contribution in [2.45, 2.75) is 19.8 Å². The zero-order valence-electron chi connectivity index (χ0n) is 9.81. The molecule has 5 heteroatoms. The lowest BCUT2D eigenvalue weighted by molar-refractivity contribution is -0.385. The number of nitro benzene ring substituents is 1. The van der Waals surface area contributed by atoms with Gasteiger partial charge in [0.25, 0.3) is 5.69 Å². The second-order valence-corrected chi connectivity index (χ2v) is 3.68. The first-order valence-corrected chi connectivity index (χ1v) is 4.91. The van der Waals surface area contributed by atoms with Crippen molar-refractivity contribution >= 4 is 5.69 Å². The predicted octanol–water partition coefficient (Wildman–Crippen LogP) is 2.74. The predicted molar refractivity (Wildman–Crippen MR) is 60.3 cm³/mol. The second-order valence-electron chi connectivity index (χ2n) is 3.68. The molecule has 0 radical (unpaired) electrons. The van der Waals surface area contributed by atoms with Crippen LogP contribution in [0, 0.1) is 10.1 Å². The summed E-state index contributed by atoms with van der Waals surface area (Å²) in [6.07, 6.45) is 0. The van der Waals surface area contributed by atoms with Crippen LogP contribution >= 0.6 is 0 Å². The molecule has 0 N–H and O–H groups in total. The summed E-state index contributed by atoms with van der Waals surface area (Å²) in [4.78, 5) is 10.3.